The fraction of sp³-hybridized carbons (Fsp3) is 0.650. The normalized spacial score (nSPS) is 23.9. The van der Waals surface area contributed by atoms with E-state index >= 15 is 0 Å². The van der Waals surface area contributed by atoms with Crippen molar-refractivity contribution in [1.29, 1.82) is 0 Å². The van der Waals surface area contributed by atoms with E-state index in [0.717, 1.165) is 31.2 Å². The number of halogens is 1. The summed E-state index contributed by atoms with van der Waals surface area (Å²) in [6, 6.07) is 6.09. The summed E-state index contributed by atoms with van der Waals surface area (Å²) in [4.78, 5) is 14.9. The molecule has 1 saturated heterocycles. The number of sulfone groups is 1. The number of nitrogens with one attached hydrogen (secondary N) is 1. The molecule has 0 unspecified atom stereocenters. The highest BCUT2D eigenvalue weighted by Crippen LogP contribution is 2.28. The van der Waals surface area contributed by atoms with Crippen LogP contribution >= 0.6 is 0 Å². The lowest BCUT2D eigenvalue weighted by Gasteiger charge is -2.38. The summed E-state index contributed by atoms with van der Waals surface area (Å²) < 4.78 is 37.0. The molecule has 1 aromatic carbocycles. The topological polar surface area (TPSA) is 66.5 Å². The van der Waals surface area contributed by atoms with Gasteiger partial charge in [-0.2, -0.15) is 0 Å². The molecule has 2 aliphatic rings. The standard InChI is InChI=1S/C20H29FN2O3S/c1-15(16-7-9-17(21)10-8-16)22-13-20(24)23(18-5-3-2-4-6-18)19-11-12-27(25,26)14-19/h7-10,15,18-19,22H,2-6,11-14H2,1H3/t15-,19-/m0/s1. The zero-order valence-corrected chi connectivity index (χ0v) is 16.7. The van der Waals surface area contributed by atoms with Crippen LogP contribution in [0.5, 0.6) is 0 Å². The third kappa shape index (κ3) is 5.29. The van der Waals surface area contributed by atoms with Crippen molar-refractivity contribution in [1.82, 2.24) is 10.2 Å². The largest absolute Gasteiger partial charge is 0.335 e. The Bertz CT molecular complexity index is 745. The molecule has 5 nitrogen and oxygen atoms in total. The van der Waals surface area contributed by atoms with Gasteiger partial charge in [0.1, 0.15) is 5.82 Å². The zero-order valence-electron chi connectivity index (χ0n) is 15.9. The van der Waals surface area contributed by atoms with Crippen LogP contribution in [-0.2, 0) is 14.6 Å². The minimum Gasteiger partial charge on any atom is -0.335 e. The number of carbonyl (C=O) groups excluding carboxylic acids is 1. The van der Waals surface area contributed by atoms with Crippen molar-refractivity contribution in [2.45, 2.75) is 63.6 Å². The number of amides is 1. The van der Waals surface area contributed by atoms with E-state index in [4.69, 9.17) is 0 Å². The monoisotopic (exact) mass is 396 g/mol. The first kappa shape index (κ1) is 20.3. The molecule has 0 spiro atoms. The molecule has 150 valence electrons. The highest BCUT2D eigenvalue weighted by atomic mass is 32.2. The summed E-state index contributed by atoms with van der Waals surface area (Å²) in [7, 11) is -3.04. The SMILES string of the molecule is C[C@H](NCC(=O)N(C1CCCCC1)[C@H]1CCS(=O)(=O)C1)c1ccc(F)cc1. The van der Waals surface area contributed by atoms with Crippen LogP contribution in [0.25, 0.3) is 0 Å². The second kappa shape index (κ2) is 8.69. The molecule has 0 bridgehead atoms. The number of hydrogen-bond acceptors (Lipinski definition) is 4. The maximum Gasteiger partial charge on any atom is 0.237 e. The van der Waals surface area contributed by atoms with Gasteiger partial charge in [-0.25, -0.2) is 12.8 Å². The van der Waals surface area contributed by atoms with Gasteiger partial charge in [0, 0.05) is 18.1 Å². The highest BCUT2D eigenvalue weighted by molar-refractivity contribution is 7.91. The van der Waals surface area contributed by atoms with Crippen LogP contribution in [0.1, 0.15) is 57.1 Å². The first-order valence-electron chi connectivity index (χ1n) is 9.86. The Morgan fingerprint density at radius 1 is 1.15 bits per heavy atom. The van der Waals surface area contributed by atoms with E-state index in [9.17, 15) is 17.6 Å². The summed E-state index contributed by atoms with van der Waals surface area (Å²) in [6.45, 7) is 2.09. The average Bonchev–Trinajstić information content (AvgIpc) is 3.00. The average molecular weight is 397 g/mol. The first-order valence-corrected chi connectivity index (χ1v) is 11.7. The third-order valence-electron chi connectivity index (χ3n) is 5.79. The molecule has 1 N–H and O–H groups in total. The van der Waals surface area contributed by atoms with E-state index in [1.807, 2.05) is 11.8 Å². The number of carbonyl (C=O) groups is 1. The van der Waals surface area contributed by atoms with Crippen molar-refractivity contribution in [2.75, 3.05) is 18.1 Å². The molecule has 27 heavy (non-hydrogen) atoms. The number of rotatable bonds is 6. The summed E-state index contributed by atoms with van der Waals surface area (Å²) in [5.74, 6) is -0.0537. The molecular formula is C20H29FN2O3S. The maximum absolute atomic E-state index is 13.1. The van der Waals surface area contributed by atoms with Crippen molar-refractivity contribution in [3.8, 4) is 0 Å². The van der Waals surface area contributed by atoms with Crippen LogP contribution in [0.2, 0.25) is 0 Å². The van der Waals surface area contributed by atoms with E-state index in [-0.39, 0.29) is 47.9 Å². The first-order chi connectivity index (χ1) is 12.9. The Morgan fingerprint density at radius 2 is 1.81 bits per heavy atom. The molecule has 1 saturated carbocycles. The fourth-order valence-electron chi connectivity index (χ4n) is 4.26. The minimum absolute atomic E-state index is 0.0297. The van der Waals surface area contributed by atoms with Crippen LogP contribution in [0.3, 0.4) is 0 Å². The Kier molecular flexibility index (Phi) is 6.52. The smallest absolute Gasteiger partial charge is 0.237 e. The van der Waals surface area contributed by atoms with Crippen molar-refractivity contribution in [3.63, 3.8) is 0 Å². The number of hydrogen-bond donors (Lipinski definition) is 1. The quantitative estimate of drug-likeness (QED) is 0.803. The van der Waals surface area contributed by atoms with Gasteiger partial charge in [0.25, 0.3) is 0 Å². The Labute approximate surface area is 161 Å². The Hall–Kier alpha value is -1.47. The minimum atomic E-state index is -3.04. The van der Waals surface area contributed by atoms with E-state index in [1.165, 1.54) is 18.6 Å². The van der Waals surface area contributed by atoms with Gasteiger partial charge in [-0.05, 0) is 43.9 Å². The summed E-state index contributed by atoms with van der Waals surface area (Å²) in [5.41, 5.74) is 0.914. The molecular weight excluding hydrogens is 367 g/mol. The summed E-state index contributed by atoms with van der Waals surface area (Å²) >= 11 is 0. The molecule has 1 aliphatic heterocycles. The lowest BCUT2D eigenvalue weighted by atomic mass is 9.93. The van der Waals surface area contributed by atoms with Gasteiger partial charge in [-0.15, -0.1) is 0 Å². The van der Waals surface area contributed by atoms with Crippen molar-refractivity contribution in [2.24, 2.45) is 0 Å². The van der Waals surface area contributed by atoms with Crippen molar-refractivity contribution in [3.05, 3.63) is 35.6 Å². The highest BCUT2D eigenvalue weighted by Gasteiger charge is 2.38. The van der Waals surface area contributed by atoms with E-state index in [2.05, 4.69) is 5.32 Å². The predicted octanol–water partition coefficient (Wildman–Crippen LogP) is 2.82. The third-order valence-corrected chi connectivity index (χ3v) is 7.54. The van der Waals surface area contributed by atoms with Crippen LogP contribution < -0.4 is 5.32 Å². The molecule has 0 aromatic heterocycles. The summed E-state index contributed by atoms with van der Waals surface area (Å²) in [6.07, 6.45) is 5.81. The van der Waals surface area contributed by atoms with Gasteiger partial charge in [0.15, 0.2) is 9.84 Å². The predicted molar refractivity (Wildman–Crippen MR) is 104 cm³/mol. The van der Waals surface area contributed by atoms with Gasteiger partial charge in [-0.1, -0.05) is 31.4 Å². The molecule has 3 rings (SSSR count). The Balaban J connectivity index is 1.66. The van der Waals surface area contributed by atoms with Gasteiger partial charge in [0.2, 0.25) is 5.91 Å². The Morgan fingerprint density at radius 3 is 2.41 bits per heavy atom. The van der Waals surface area contributed by atoms with Gasteiger partial charge < -0.3 is 10.2 Å². The van der Waals surface area contributed by atoms with Crippen LogP contribution in [0.4, 0.5) is 4.39 Å². The zero-order chi connectivity index (χ0) is 19.4. The van der Waals surface area contributed by atoms with Gasteiger partial charge in [0.05, 0.1) is 18.1 Å². The van der Waals surface area contributed by atoms with Gasteiger partial charge >= 0.3 is 0 Å². The van der Waals surface area contributed by atoms with E-state index < -0.39 is 9.84 Å². The molecule has 2 atom stereocenters. The fourth-order valence-corrected chi connectivity index (χ4v) is 5.97. The lowest BCUT2D eigenvalue weighted by Crippen LogP contribution is -2.51. The summed E-state index contributed by atoms with van der Waals surface area (Å²) in [5, 5.41) is 3.22. The van der Waals surface area contributed by atoms with Gasteiger partial charge in [-0.3, -0.25) is 4.79 Å². The molecule has 1 heterocycles. The van der Waals surface area contributed by atoms with Crippen molar-refractivity contribution < 1.29 is 17.6 Å². The molecule has 1 amide bonds. The molecule has 2 fully saturated rings. The van der Waals surface area contributed by atoms with Crippen LogP contribution in [0.15, 0.2) is 24.3 Å². The molecule has 1 aromatic rings. The number of benzene rings is 1. The number of nitrogens with zero attached hydrogens (tertiary/aromatic N) is 1. The van der Waals surface area contributed by atoms with Crippen molar-refractivity contribution >= 4 is 15.7 Å². The lowest BCUT2D eigenvalue weighted by molar-refractivity contribution is -0.135. The van der Waals surface area contributed by atoms with Crippen LogP contribution in [0, 0.1) is 5.82 Å². The second-order valence-corrected chi connectivity index (χ2v) is 10.0. The molecule has 0 radical (unpaired) electrons. The molecule has 7 heteroatoms. The molecule has 1 aliphatic carbocycles. The maximum atomic E-state index is 13.1. The second-order valence-electron chi connectivity index (χ2n) is 7.80. The van der Waals surface area contributed by atoms with E-state index in [0.29, 0.717) is 6.42 Å². The van der Waals surface area contributed by atoms with E-state index in [1.54, 1.807) is 12.1 Å². The van der Waals surface area contributed by atoms with Crippen LogP contribution in [-0.4, -0.2) is 49.4 Å².